The molecule has 6 heteroatoms. The first kappa shape index (κ1) is 18.5. The Morgan fingerprint density at radius 2 is 1.85 bits per heavy atom. The third-order valence-corrected chi connectivity index (χ3v) is 5.12. The fourth-order valence-electron chi connectivity index (χ4n) is 3.62. The van der Waals surface area contributed by atoms with Gasteiger partial charge in [-0.25, -0.2) is 4.68 Å². The van der Waals surface area contributed by atoms with Gasteiger partial charge < -0.3 is 5.32 Å². The molecule has 0 radical (unpaired) electrons. The van der Waals surface area contributed by atoms with E-state index in [4.69, 9.17) is 0 Å². The quantitative estimate of drug-likeness (QED) is 0.610. The molecule has 0 unspecified atom stereocenters. The van der Waals surface area contributed by atoms with Crippen molar-refractivity contribution in [1.29, 1.82) is 0 Å². The molecule has 140 valence electrons. The number of carbonyl (C=O) groups is 1. The lowest BCUT2D eigenvalue weighted by molar-refractivity contribution is -0.122. The van der Waals surface area contributed by atoms with Gasteiger partial charge in [-0.05, 0) is 37.8 Å². The molecule has 1 heterocycles. The Kier molecular flexibility index (Phi) is 6.75. The van der Waals surface area contributed by atoms with Crippen molar-refractivity contribution >= 4 is 16.8 Å². The van der Waals surface area contributed by atoms with Crippen LogP contribution in [-0.4, -0.2) is 26.9 Å². The van der Waals surface area contributed by atoms with Crippen LogP contribution in [0.3, 0.4) is 0 Å². The summed E-state index contributed by atoms with van der Waals surface area (Å²) in [5, 5.41) is 11.9. The molecule has 6 nitrogen and oxygen atoms in total. The van der Waals surface area contributed by atoms with E-state index >= 15 is 0 Å². The van der Waals surface area contributed by atoms with Crippen LogP contribution < -0.4 is 10.9 Å². The van der Waals surface area contributed by atoms with Crippen molar-refractivity contribution in [2.75, 3.05) is 0 Å². The molecule has 1 saturated carbocycles. The van der Waals surface area contributed by atoms with Crippen molar-refractivity contribution in [2.24, 2.45) is 0 Å². The van der Waals surface area contributed by atoms with Crippen LogP contribution in [-0.2, 0) is 11.3 Å². The van der Waals surface area contributed by atoms with Gasteiger partial charge in [0.05, 0.1) is 5.39 Å². The van der Waals surface area contributed by atoms with E-state index in [1.807, 2.05) is 12.1 Å². The first-order valence-electron chi connectivity index (χ1n) is 9.86. The highest BCUT2D eigenvalue weighted by Crippen LogP contribution is 2.17. The average molecular weight is 356 g/mol. The Morgan fingerprint density at radius 3 is 2.65 bits per heavy atom. The van der Waals surface area contributed by atoms with Gasteiger partial charge >= 0.3 is 0 Å². The zero-order valence-electron chi connectivity index (χ0n) is 15.3. The highest BCUT2D eigenvalue weighted by molar-refractivity contribution is 5.76. The normalized spacial score (nSPS) is 15.7. The summed E-state index contributed by atoms with van der Waals surface area (Å²) in [5.74, 6) is 0.166. The fourth-order valence-corrected chi connectivity index (χ4v) is 3.62. The van der Waals surface area contributed by atoms with E-state index in [-0.39, 0.29) is 11.5 Å². The van der Waals surface area contributed by atoms with Crippen LogP contribution in [0.5, 0.6) is 0 Å². The standard InChI is InChI=1S/C20H28N4O2/c25-19(21-16-10-4-1-2-5-11-16)14-6-3-9-15-24-20(26)17-12-7-8-13-18(17)22-23-24/h7-8,12-13,16H,1-6,9-11,14-15H2,(H,21,25). The molecule has 0 bridgehead atoms. The first-order valence-corrected chi connectivity index (χ1v) is 9.86. The number of nitrogens with zero attached hydrogens (tertiary/aromatic N) is 3. The van der Waals surface area contributed by atoms with Crippen LogP contribution in [0.15, 0.2) is 29.1 Å². The van der Waals surface area contributed by atoms with E-state index in [2.05, 4.69) is 15.6 Å². The molecule has 0 spiro atoms. The number of amides is 1. The summed E-state index contributed by atoms with van der Waals surface area (Å²) in [6.45, 7) is 0.543. The fraction of sp³-hybridized carbons (Fsp3) is 0.600. The maximum absolute atomic E-state index is 12.3. The Balaban J connectivity index is 1.38. The van der Waals surface area contributed by atoms with Crippen molar-refractivity contribution in [3.8, 4) is 0 Å². The minimum atomic E-state index is -0.0956. The molecule has 1 N–H and O–H groups in total. The van der Waals surface area contributed by atoms with E-state index in [0.717, 1.165) is 32.1 Å². The summed E-state index contributed by atoms with van der Waals surface area (Å²) < 4.78 is 1.42. The average Bonchev–Trinajstić information content (AvgIpc) is 2.92. The van der Waals surface area contributed by atoms with Gasteiger partial charge in [-0.2, -0.15) is 0 Å². The highest BCUT2D eigenvalue weighted by atomic mass is 16.1. The van der Waals surface area contributed by atoms with Gasteiger partial charge in [0, 0.05) is 19.0 Å². The van der Waals surface area contributed by atoms with Gasteiger partial charge in [-0.1, -0.05) is 49.5 Å². The minimum absolute atomic E-state index is 0.0956. The molecule has 1 amide bonds. The van der Waals surface area contributed by atoms with Gasteiger partial charge in [0.2, 0.25) is 5.91 Å². The maximum atomic E-state index is 12.3. The zero-order chi connectivity index (χ0) is 18.2. The summed E-state index contributed by atoms with van der Waals surface area (Å²) in [6, 6.07) is 7.63. The van der Waals surface area contributed by atoms with Gasteiger partial charge in [-0.3, -0.25) is 9.59 Å². The molecule has 1 aromatic heterocycles. The molecule has 0 saturated heterocycles. The van der Waals surface area contributed by atoms with Crippen molar-refractivity contribution < 1.29 is 4.79 Å². The number of unbranched alkanes of at least 4 members (excludes halogenated alkanes) is 2. The molecular formula is C20H28N4O2. The first-order chi connectivity index (χ1) is 12.7. The number of benzene rings is 1. The van der Waals surface area contributed by atoms with Crippen LogP contribution in [0.25, 0.3) is 10.9 Å². The Morgan fingerprint density at radius 1 is 1.08 bits per heavy atom. The van der Waals surface area contributed by atoms with Crippen LogP contribution in [0, 0.1) is 0 Å². The second-order valence-electron chi connectivity index (χ2n) is 7.20. The van der Waals surface area contributed by atoms with E-state index in [1.165, 1.54) is 30.4 Å². The van der Waals surface area contributed by atoms with Crippen molar-refractivity contribution in [3.63, 3.8) is 0 Å². The lowest BCUT2D eigenvalue weighted by Crippen LogP contribution is -2.34. The smallest absolute Gasteiger partial charge is 0.277 e. The summed E-state index contributed by atoms with van der Waals surface area (Å²) in [7, 11) is 0. The number of hydrogen-bond donors (Lipinski definition) is 1. The maximum Gasteiger partial charge on any atom is 0.277 e. The number of carbonyl (C=O) groups excluding carboxylic acids is 1. The highest BCUT2D eigenvalue weighted by Gasteiger charge is 2.14. The number of nitrogens with one attached hydrogen (secondary N) is 1. The van der Waals surface area contributed by atoms with Crippen LogP contribution in [0.4, 0.5) is 0 Å². The number of hydrogen-bond acceptors (Lipinski definition) is 4. The lowest BCUT2D eigenvalue weighted by Gasteiger charge is -2.16. The number of aryl methyl sites for hydroxylation is 1. The minimum Gasteiger partial charge on any atom is -0.353 e. The molecule has 26 heavy (non-hydrogen) atoms. The van der Waals surface area contributed by atoms with Crippen molar-refractivity contribution in [1.82, 2.24) is 20.3 Å². The second kappa shape index (κ2) is 9.46. The molecule has 1 aromatic carbocycles. The predicted octanol–water partition coefficient (Wildman–Crippen LogP) is 3.19. The molecule has 1 fully saturated rings. The summed E-state index contributed by atoms with van der Waals surface area (Å²) in [6.07, 6.45) is 10.4. The second-order valence-corrected chi connectivity index (χ2v) is 7.20. The van der Waals surface area contributed by atoms with E-state index in [1.54, 1.807) is 12.1 Å². The molecule has 0 aliphatic heterocycles. The van der Waals surface area contributed by atoms with Crippen LogP contribution in [0.1, 0.15) is 64.2 Å². The molecule has 2 aromatic rings. The van der Waals surface area contributed by atoms with E-state index in [9.17, 15) is 9.59 Å². The Hall–Kier alpha value is -2.24. The largest absolute Gasteiger partial charge is 0.353 e. The zero-order valence-corrected chi connectivity index (χ0v) is 15.3. The van der Waals surface area contributed by atoms with E-state index < -0.39 is 0 Å². The Bertz CT molecular complexity index is 779. The topological polar surface area (TPSA) is 76.9 Å². The Labute approximate surface area is 154 Å². The predicted molar refractivity (Wildman–Crippen MR) is 102 cm³/mol. The van der Waals surface area contributed by atoms with Crippen molar-refractivity contribution in [3.05, 3.63) is 34.6 Å². The lowest BCUT2D eigenvalue weighted by atomic mass is 10.1. The molecule has 3 rings (SSSR count). The number of fused-ring (bicyclic) bond motifs is 1. The van der Waals surface area contributed by atoms with Crippen LogP contribution in [0.2, 0.25) is 0 Å². The summed E-state index contributed by atoms with van der Waals surface area (Å²) >= 11 is 0. The number of rotatable bonds is 7. The summed E-state index contributed by atoms with van der Waals surface area (Å²) in [5.41, 5.74) is 0.533. The van der Waals surface area contributed by atoms with Gasteiger partial charge in [0.15, 0.2) is 0 Å². The van der Waals surface area contributed by atoms with Gasteiger partial charge in [-0.15, -0.1) is 5.10 Å². The van der Waals surface area contributed by atoms with Gasteiger partial charge in [0.25, 0.3) is 5.56 Å². The van der Waals surface area contributed by atoms with Gasteiger partial charge in [0.1, 0.15) is 5.52 Å². The molecule has 1 aliphatic carbocycles. The van der Waals surface area contributed by atoms with E-state index in [0.29, 0.717) is 29.9 Å². The van der Waals surface area contributed by atoms with Crippen LogP contribution >= 0.6 is 0 Å². The SMILES string of the molecule is O=C(CCCCCn1nnc2ccccc2c1=O)NC1CCCCCC1. The third-order valence-electron chi connectivity index (χ3n) is 5.12. The molecule has 0 atom stereocenters. The monoisotopic (exact) mass is 356 g/mol. The summed E-state index contributed by atoms with van der Waals surface area (Å²) in [4.78, 5) is 24.4. The molecule has 1 aliphatic rings. The third kappa shape index (κ3) is 5.13. The number of aromatic nitrogens is 3. The van der Waals surface area contributed by atoms with Crippen molar-refractivity contribution in [2.45, 2.75) is 76.8 Å². The molecular weight excluding hydrogens is 328 g/mol.